The summed E-state index contributed by atoms with van der Waals surface area (Å²) in [5.41, 5.74) is 0. The number of hydrogen-bond donors (Lipinski definition) is 1. The molecule has 0 saturated carbocycles. The van der Waals surface area contributed by atoms with Crippen LogP contribution in [0.25, 0.3) is 0 Å². The zero-order valence-corrected chi connectivity index (χ0v) is 14.0. The molecule has 114 valence electrons. The van der Waals surface area contributed by atoms with Crippen molar-refractivity contribution in [3.63, 3.8) is 0 Å². The predicted molar refractivity (Wildman–Crippen MR) is 79.4 cm³/mol. The summed E-state index contributed by atoms with van der Waals surface area (Å²) in [4.78, 5) is 13.6. The molecule has 5 nitrogen and oxygen atoms in total. The zero-order valence-electron chi connectivity index (χ0n) is 12.4. The first kappa shape index (κ1) is 17.1. The molecule has 0 aliphatic heterocycles. The van der Waals surface area contributed by atoms with E-state index in [9.17, 15) is 13.2 Å². The van der Waals surface area contributed by atoms with Gasteiger partial charge in [-0.15, -0.1) is 11.3 Å². The molecule has 0 aliphatic carbocycles. The van der Waals surface area contributed by atoms with E-state index < -0.39 is 22.0 Å². The summed E-state index contributed by atoms with van der Waals surface area (Å²) in [7, 11) is -2.46. The lowest BCUT2D eigenvalue weighted by Gasteiger charge is -2.18. The Labute approximate surface area is 124 Å². The van der Waals surface area contributed by atoms with Gasteiger partial charge in [0, 0.05) is 9.75 Å². The molecular formula is C13H21NO4S2. The van der Waals surface area contributed by atoms with Crippen LogP contribution in [0, 0.1) is 19.8 Å². The molecule has 20 heavy (non-hydrogen) atoms. The minimum absolute atomic E-state index is 0.173. The zero-order chi connectivity index (χ0) is 15.5. The van der Waals surface area contributed by atoms with Crippen molar-refractivity contribution in [1.29, 1.82) is 0 Å². The average molecular weight is 319 g/mol. The maximum absolute atomic E-state index is 12.4. The summed E-state index contributed by atoms with van der Waals surface area (Å²) in [6, 6.07) is 0.760. The van der Waals surface area contributed by atoms with E-state index in [-0.39, 0.29) is 10.8 Å². The Hall–Kier alpha value is -0.920. The minimum Gasteiger partial charge on any atom is -0.468 e. The normalized spacial score (nSPS) is 13.5. The largest absolute Gasteiger partial charge is 0.468 e. The Morgan fingerprint density at radius 2 is 2.00 bits per heavy atom. The Morgan fingerprint density at radius 1 is 1.40 bits per heavy atom. The standard InChI is InChI=1S/C13H21NO4S2/c1-8(2)6-11(13(15)18-5)14-20(16,17)12-7-9(3)19-10(12)4/h7-8,11,14H,6H2,1-5H3. The summed E-state index contributed by atoms with van der Waals surface area (Å²) >= 11 is 1.42. The number of esters is 1. The highest BCUT2D eigenvalue weighted by Gasteiger charge is 2.28. The van der Waals surface area contributed by atoms with Crippen molar-refractivity contribution in [2.45, 2.75) is 45.1 Å². The van der Waals surface area contributed by atoms with Gasteiger partial charge in [-0.1, -0.05) is 13.8 Å². The summed E-state index contributed by atoms with van der Waals surface area (Å²) in [6.45, 7) is 7.44. The van der Waals surface area contributed by atoms with Gasteiger partial charge in [-0.25, -0.2) is 8.42 Å². The van der Waals surface area contributed by atoms with E-state index in [4.69, 9.17) is 0 Å². The smallest absolute Gasteiger partial charge is 0.323 e. The van der Waals surface area contributed by atoms with Crippen LogP contribution in [-0.2, 0) is 19.6 Å². The highest BCUT2D eigenvalue weighted by atomic mass is 32.2. The molecule has 1 aromatic rings. The fourth-order valence-corrected chi connectivity index (χ4v) is 4.68. The van der Waals surface area contributed by atoms with Gasteiger partial charge in [0.1, 0.15) is 6.04 Å². The lowest BCUT2D eigenvalue weighted by Crippen LogP contribution is -2.42. The van der Waals surface area contributed by atoms with Crippen LogP contribution in [-0.4, -0.2) is 27.5 Å². The Bertz CT molecular complexity index is 575. The number of methoxy groups -OCH3 is 1. The van der Waals surface area contributed by atoms with Crippen LogP contribution in [0.15, 0.2) is 11.0 Å². The molecule has 0 radical (unpaired) electrons. The van der Waals surface area contributed by atoms with Gasteiger partial charge in [-0.05, 0) is 32.3 Å². The van der Waals surface area contributed by atoms with Crippen molar-refractivity contribution in [2.24, 2.45) is 5.92 Å². The van der Waals surface area contributed by atoms with E-state index in [1.807, 2.05) is 20.8 Å². The van der Waals surface area contributed by atoms with Crippen LogP contribution in [0.4, 0.5) is 0 Å². The Balaban J connectivity index is 3.02. The van der Waals surface area contributed by atoms with Crippen LogP contribution >= 0.6 is 11.3 Å². The van der Waals surface area contributed by atoms with Gasteiger partial charge < -0.3 is 4.74 Å². The van der Waals surface area contributed by atoms with Crippen LogP contribution in [0.2, 0.25) is 0 Å². The highest BCUT2D eigenvalue weighted by Crippen LogP contribution is 2.25. The lowest BCUT2D eigenvalue weighted by molar-refractivity contribution is -0.143. The van der Waals surface area contributed by atoms with Crippen molar-refractivity contribution in [3.05, 3.63) is 15.8 Å². The number of carbonyl (C=O) groups is 1. The summed E-state index contributed by atoms with van der Waals surface area (Å²) in [6.07, 6.45) is 0.397. The van der Waals surface area contributed by atoms with Gasteiger partial charge in [0.25, 0.3) is 0 Å². The SMILES string of the molecule is COC(=O)C(CC(C)C)NS(=O)(=O)c1cc(C)sc1C. The second-order valence-corrected chi connectivity index (χ2v) is 8.25. The molecule has 0 saturated heterocycles. The van der Waals surface area contributed by atoms with Crippen LogP contribution in [0.3, 0.4) is 0 Å². The summed E-state index contributed by atoms with van der Waals surface area (Å²) in [5, 5.41) is 0. The van der Waals surface area contributed by atoms with Crippen LogP contribution < -0.4 is 4.72 Å². The van der Waals surface area contributed by atoms with Gasteiger partial charge in [-0.3, -0.25) is 4.79 Å². The molecule has 1 atom stereocenters. The van der Waals surface area contributed by atoms with Gasteiger partial charge in [-0.2, -0.15) is 4.72 Å². The number of ether oxygens (including phenoxy) is 1. The molecule has 1 rings (SSSR count). The quantitative estimate of drug-likeness (QED) is 0.816. The number of sulfonamides is 1. The second-order valence-electron chi connectivity index (χ2n) is 5.10. The third kappa shape index (κ3) is 4.29. The van der Waals surface area contributed by atoms with Gasteiger partial charge >= 0.3 is 5.97 Å². The summed E-state index contributed by atoms with van der Waals surface area (Å²) in [5.74, 6) is -0.390. The number of nitrogens with one attached hydrogen (secondary N) is 1. The average Bonchev–Trinajstić information content (AvgIpc) is 2.66. The monoisotopic (exact) mass is 319 g/mol. The van der Waals surface area contributed by atoms with Crippen molar-refractivity contribution >= 4 is 27.3 Å². The molecule has 0 aromatic carbocycles. The maximum Gasteiger partial charge on any atom is 0.323 e. The molecule has 0 spiro atoms. The number of aryl methyl sites for hydroxylation is 2. The molecule has 0 amide bonds. The van der Waals surface area contributed by atoms with E-state index in [0.29, 0.717) is 11.3 Å². The van der Waals surface area contributed by atoms with Gasteiger partial charge in [0.15, 0.2) is 0 Å². The highest BCUT2D eigenvalue weighted by molar-refractivity contribution is 7.89. The van der Waals surface area contributed by atoms with Crippen molar-refractivity contribution in [3.8, 4) is 0 Å². The van der Waals surface area contributed by atoms with Gasteiger partial charge in [0.05, 0.1) is 12.0 Å². The van der Waals surface area contributed by atoms with Crippen LogP contribution in [0.1, 0.15) is 30.0 Å². The molecule has 1 heterocycles. The lowest BCUT2D eigenvalue weighted by atomic mass is 10.1. The number of hydrogen-bond acceptors (Lipinski definition) is 5. The molecular weight excluding hydrogens is 298 g/mol. The Kier molecular flexibility index (Phi) is 5.73. The van der Waals surface area contributed by atoms with E-state index in [0.717, 1.165) is 4.88 Å². The number of thiophene rings is 1. The van der Waals surface area contributed by atoms with E-state index >= 15 is 0 Å². The molecule has 0 fully saturated rings. The molecule has 7 heteroatoms. The van der Waals surface area contributed by atoms with E-state index in [1.54, 1.807) is 13.0 Å². The summed E-state index contributed by atoms with van der Waals surface area (Å²) < 4.78 is 31.9. The van der Waals surface area contributed by atoms with Crippen molar-refractivity contribution < 1.29 is 17.9 Å². The van der Waals surface area contributed by atoms with E-state index in [1.165, 1.54) is 18.4 Å². The fraction of sp³-hybridized carbons (Fsp3) is 0.615. The molecule has 0 bridgehead atoms. The minimum atomic E-state index is -3.71. The fourth-order valence-electron chi connectivity index (χ4n) is 1.93. The third-order valence-corrected chi connectivity index (χ3v) is 5.47. The number of carbonyl (C=O) groups excluding carboxylic acids is 1. The number of rotatable bonds is 6. The van der Waals surface area contributed by atoms with E-state index in [2.05, 4.69) is 9.46 Å². The molecule has 0 aliphatic rings. The van der Waals surface area contributed by atoms with Crippen molar-refractivity contribution in [2.75, 3.05) is 7.11 Å². The topological polar surface area (TPSA) is 72.5 Å². The first-order valence-electron chi connectivity index (χ1n) is 6.34. The molecule has 1 unspecified atom stereocenters. The first-order chi connectivity index (χ1) is 9.17. The maximum atomic E-state index is 12.4. The predicted octanol–water partition coefficient (Wildman–Crippen LogP) is 2.23. The molecule has 1 N–H and O–H groups in total. The third-order valence-electron chi connectivity index (χ3n) is 2.78. The molecule has 1 aromatic heterocycles. The van der Waals surface area contributed by atoms with Gasteiger partial charge in [0.2, 0.25) is 10.0 Å². The van der Waals surface area contributed by atoms with Crippen molar-refractivity contribution in [1.82, 2.24) is 4.72 Å². The first-order valence-corrected chi connectivity index (χ1v) is 8.64. The van der Waals surface area contributed by atoms with Crippen LogP contribution in [0.5, 0.6) is 0 Å². The Morgan fingerprint density at radius 3 is 2.40 bits per heavy atom. The second kappa shape index (κ2) is 6.69.